The Balaban J connectivity index is 2.57. The van der Waals surface area contributed by atoms with Gasteiger partial charge in [-0.3, -0.25) is 0 Å². The third-order valence-corrected chi connectivity index (χ3v) is 3.08. The zero-order chi connectivity index (χ0) is 14.8. The molecule has 2 aromatic rings. The molecule has 0 bridgehead atoms. The Hall–Kier alpha value is -1.88. The standard InChI is InChI=1S/C15H13F4N/c1-20-14(11-7-3-5-9-13(11)16)10-6-2-4-8-12(10)15(17,18)19/h2-9,14,20H,1H3. The van der Waals surface area contributed by atoms with Crippen molar-refractivity contribution in [2.75, 3.05) is 7.05 Å². The number of rotatable bonds is 3. The monoisotopic (exact) mass is 283 g/mol. The van der Waals surface area contributed by atoms with Crippen LogP contribution in [0.25, 0.3) is 0 Å². The topological polar surface area (TPSA) is 12.0 Å². The molecule has 0 aliphatic rings. The van der Waals surface area contributed by atoms with E-state index in [1.165, 1.54) is 43.4 Å². The minimum absolute atomic E-state index is 0.00704. The Labute approximate surface area is 114 Å². The van der Waals surface area contributed by atoms with Crippen molar-refractivity contribution in [1.82, 2.24) is 5.32 Å². The van der Waals surface area contributed by atoms with Crippen LogP contribution in [0.2, 0.25) is 0 Å². The van der Waals surface area contributed by atoms with Crippen LogP contribution in [0.3, 0.4) is 0 Å². The summed E-state index contributed by atoms with van der Waals surface area (Å²) in [7, 11) is 1.50. The van der Waals surface area contributed by atoms with Gasteiger partial charge >= 0.3 is 6.18 Å². The van der Waals surface area contributed by atoms with Crippen LogP contribution >= 0.6 is 0 Å². The number of nitrogens with one attached hydrogen (secondary N) is 1. The van der Waals surface area contributed by atoms with E-state index in [1.54, 1.807) is 6.07 Å². The van der Waals surface area contributed by atoms with Crippen molar-refractivity contribution >= 4 is 0 Å². The summed E-state index contributed by atoms with van der Waals surface area (Å²) < 4.78 is 52.9. The van der Waals surface area contributed by atoms with Gasteiger partial charge in [-0.2, -0.15) is 13.2 Å². The largest absolute Gasteiger partial charge is 0.416 e. The third kappa shape index (κ3) is 2.82. The van der Waals surface area contributed by atoms with Gasteiger partial charge in [0.1, 0.15) is 5.82 Å². The van der Waals surface area contributed by atoms with Crippen LogP contribution in [0.5, 0.6) is 0 Å². The van der Waals surface area contributed by atoms with Gasteiger partial charge in [0.25, 0.3) is 0 Å². The summed E-state index contributed by atoms with van der Waals surface area (Å²) >= 11 is 0. The van der Waals surface area contributed by atoms with Crippen molar-refractivity contribution in [2.45, 2.75) is 12.2 Å². The van der Waals surface area contributed by atoms with Gasteiger partial charge in [-0.1, -0.05) is 36.4 Å². The maximum atomic E-state index is 13.8. The lowest BCUT2D eigenvalue weighted by Crippen LogP contribution is -2.22. The second-order valence-electron chi connectivity index (χ2n) is 4.33. The summed E-state index contributed by atoms with van der Waals surface area (Å²) in [6.07, 6.45) is -4.48. The lowest BCUT2D eigenvalue weighted by Gasteiger charge is -2.22. The maximum Gasteiger partial charge on any atom is 0.416 e. The first-order valence-electron chi connectivity index (χ1n) is 6.03. The average molecular weight is 283 g/mol. The van der Waals surface area contributed by atoms with Crippen molar-refractivity contribution < 1.29 is 17.6 Å². The minimum atomic E-state index is -4.48. The van der Waals surface area contributed by atoms with Crippen molar-refractivity contribution in [1.29, 1.82) is 0 Å². The molecule has 0 heterocycles. The highest BCUT2D eigenvalue weighted by atomic mass is 19.4. The van der Waals surface area contributed by atoms with Crippen LogP contribution in [0.15, 0.2) is 48.5 Å². The second kappa shape index (κ2) is 5.63. The van der Waals surface area contributed by atoms with E-state index in [2.05, 4.69) is 5.32 Å². The van der Waals surface area contributed by atoms with Gasteiger partial charge in [0.15, 0.2) is 0 Å². The van der Waals surface area contributed by atoms with Crippen molar-refractivity contribution in [3.05, 3.63) is 71.0 Å². The minimum Gasteiger partial charge on any atom is -0.309 e. The van der Waals surface area contributed by atoms with Crippen molar-refractivity contribution in [2.24, 2.45) is 0 Å². The first kappa shape index (κ1) is 14.5. The molecular formula is C15H13F4N. The molecule has 0 saturated carbocycles. The third-order valence-electron chi connectivity index (χ3n) is 3.08. The van der Waals surface area contributed by atoms with E-state index < -0.39 is 23.6 Å². The number of alkyl halides is 3. The highest BCUT2D eigenvalue weighted by Crippen LogP contribution is 2.36. The van der Waals surface area contributed by atoms with E-state index in [1.807, 2.05) is 0 Å². The molecule has 0 aliphatic heterocycles. The maximum absolute atomic E-state index is 13.8. The van der Waals surface area contributed by atoms with E-state index in [4.69, 9.17) is 0 Å². The lowest BCUT2D eigenvalue weighted by molar-refractivity contribution is -0.138. The molecule has 0 spiro atoms. The van der Waals surface area contributed by atoms with E-state index >= 15 is 0 Å². The molecule has 1 atom stereocenters. The summed E-state index contributed by atoms with van der Waals surface area (Å²) in [6.45, 7) is 0. The fourth-order valence-corrected chi connectivity index (χ4v) is 2.19. The van der Waals surface area contributed by atoms with E-state index in [9.17, 15) is 17.6 Å². The Morgan fingerprint density at radius 1 is 0.900 bits per heavy atom. The van der Waals surface area contributed by atoms with Crippen LogP contribution in [0, 0.1) is 5.82 Å². The molecule has 0 aromatic heterocycles. The summed E-state index contributed by atoms with van der Waals surface area (Å²) in [5.74, 6) is -0.538. The summed E-state index contributed by atoms with van der Waals surface area (Å²) in [5, 5.41) is 2.75. The van der Waals surface area contributed by atoms with Crippen LogP contribution in [-0.2, 0) is 6.18 Å². The van der Waals surface area contributed by atoms with Gasteiger partial charge in [0.2, 0.25) is 0 Å². The first-order chi connectivity index (χ1) is 9.45. The fraction of sp³-hybridized carbons (Fsp3) is 0.200. The Morgan fingerprint density at radius 2 is 1.45 bits per heavy atom. The van der Waals surface area contributed by atoms with Crippen molar-refractivity contribution in [3.63, 3.8) is 0 Å². The summed E-state index contributed by atoms with van der Waals surface area (Å²) in [6, 6.07) is 10.1. The van der Waals surface area contributed by atoms with Gasteiger partial charge in [-0.05, 0) is 24.7 Å². The first-order valence-corrected chi connectivity index (χ1v) is 6.03. The fourth-order valence-electron chi connectivity index (χ4n) is 2.19. The van der Waals surface area contributed by atoms with Gasteiger partial charge in [-0.15, -0.1) is 0 Å². The number of hydrogen-bond acceptors (Lipinski definition) is 1. The van der Waals surface area contributed by atoms with E-state index in [-0.39, 0.29) is 11.1 Å². The Kier molecular flexibility index (Phi) is 4.09. The highest BCUT2D eigenvalue weighted by Gasteiger charge is 2.35. The summed E-state index contributed by atoms with van der Waals surface area (Å²) in [4.78, 5) is 0. The molecule has 106 valence electrons. The molecule has 20 heavy (non-hydrogen) atoms. The zero-order valence-corrected chi connectivity index (χ0v) is 10.7. The van der Waals surface area contributed by atoms with Crippen molar-refractivity contribution in [3.8, 4) is 0 Å². The average Bonchev–Trinajstić information content (AvgIpc) is 2.41. The molecule has 2 aromatic carbocycles. The molecule has 0 aliphatic carbocycles. The SMILES string of the molecule is CNC(c1ccccc1F)c1ccccc1C(F)(F)F. The molecule has 0 radical (unpaired) electrons. The van der Waals surface area contributed by atoms with Crippen LogP contribution in [0.4, 0.5) is 17.6 Å². The molecule has 0 amide bonds. The highest BCUT2D eigenvalue weighted by molar-refractivity contribution is 5.39. The predicted octanol–water partition coefficient (Wildman–Crippen LogP) is 4.15. The quantitative estimate of drug-likeness (QED) is 0.834. The van der Waals surface area contributed by atoms with E-state index in [0.29, 0.717) is 0 Å². The smallest absolute Gasteiger partial charge is 0.309 e. The van der Waals surface area contributed by atoms with Crippen LogP contribution in [-0.4, -0.2) is 7.05 Å². The lowest BCUT2D eigenvalue weighted by atomic mass is 9.94. The molecule has 1 unspecified atom stereocenters. The Bertz CT molecular complexity index is 592. The second-order valence-corrected chi connectivity index (χ2v) is 4.33. The number of hydrogen-bond donors (Lipinski definition) is 1. The van der Waals surface area contributed by atoms with E-state index in [0.717, 1.165) is 6.07 Å². The van der Waals surface area contributed by atoms with Crippen LogP contribution in [0.1, 0.15) is 22.7 Å². The number of halogens is 4. The molecule has 1 N–H and O–H groups in total. The van der Waals surface area contributed by atoms with Crippen LogP contribution < -0.4 is 5.32 Å². The van der Waals surface area contributed by atoms with Gasteiger partial charge in [0, 0.05) is 5.56 Å². The van der Waals surface area contributed by atoms with Gasteiger partial charge in [0.05, 0.1) is 11.6 Å². The normalized spacial score (nSPS) is 13.2. The molecule has 0 fully saturated rings. The summed E-state index contributed by atoms with van der Waals surface area (Å²) in [5.41, 5.74) is -0.568. The molecule has 5 heteroatoms. The van der Waals surface area contributed by atoms with Gasteiger partial charge in [-0.25, -0.2) is 4.39 Å². The number of benzene rings is 2. The van der Waals surface area contributed by atoms with Gasteiger partial charge < -0.3 is 5.32 Å². The predicted molar refractivity (Wildman–Crippen MR) is 68.7 cm³/mol. The molecule has 0 saturated heterocycles. The Morgan fingerprint density at radius 3 is 2.00 bits per heavy atom. The molecule has 2 rings (SSSR count). The zero-order valence-electron chi connectivity index (χ0n) is 10.7. The molecule has 1 nitrogen and oxygen atoms in total. The molecular weight excluding hydrogens is 270 g/mol.